The Labute approximate surface area is 146 Å². The lowest BCUT2D eigenvalue weighted by atomic mass is 9.99. The number of amides is 1. The van der Waals surface area contributed by atoms with Crippen molar-refractivity contribution >= 4 is 5.91 Å². The molecule has 1 amide bonds. The summed E-state index contributed by atoms with van der Waals surface area (Å²) in [7, 11) is 0. The molecule has 1 aromatic heterocycles. The molecule has 2 unspecified atom stereocenters. The van der Waals surface area contributed by atoms with Crippen LogP contribution in [0.3, 0.4) is 0 Å². The summed E-state index contributed by atoms with van der Waals surface area (Å²) in [5, 5.41) is 0. The molecule has 4 nitrogen and oxygen atoms in total. The van der Waals surface area contributed by atoms with Gasteiger partial charge in [0.25, 0.3) is 0 Å². The van der Waals surface area contributed by atoms with Gasteiger partial charge in [0.15, 0.2) is 0 Å². The van der Waals surface area contributed by atoms with Gasteiger partial charge >= 0.3 is 0 Å². The third-order valence-corrected chi connectivity index (χ3v) is 5.32. The zero-order chi connectivity index (χ0) is 17.2. The maximum atomic E-state index is 13.0. The first kappa shape index (κ1) is 16.1. The van der Waals surface area contributed by atoms with Crippen molar-refractivity contribution in [2.75, 3.05) is 6.61 Å². The Hall–Kier alpha value is -2.43. The first-order valence-corrected chi connectivity index (χ1v) is 8.80. The van der Waals surface area contributed by atoms with E-state index >= 15 is 0 Å². The number of carbonyl (C=O) groups excluding carboxylic acids is 1. The van der Waals surface area contributed by atoms with Crippen molar-refractivity contribution in [1.29, 1.82) is 0 Å². The Morgan fingerprint density at radius 3 is 2.80 bits per heavy atom. The lowest BCUT2D eigenvalue weighted by Gasteiger charge is -2.35. The van der Waals surface area contributed by atoms with Crippen LogP contribution < -0.4 is 4.74 Å². The maximum Gasteiger partial charge on any atom is 0.229 e. The van der Waals surface area contributed by atoms with Crippen LogP contribution in [0, 0.1) is 11.7 Å². The Balaban J connectivity index is 1.44. The standard InChI is InChI=1S/C20H21FN2O2/c21-15-5-8-18(9-6-15)25-13-19-14-4-7-17(11-14)23(19)20(24)12-16-3-1-2-10-22-16/h1-3,5-6,8-10,14,17,19H,4,7,11-13H2/t14?,17?,19-/m0/s1. The van der Waals surface area contributed by atoms with Crippen molar-refractivity contribution in [3.8, 4) is 5.75 Å². The third kappa shape index (κ3) is 3.36. The maximum absolute atomic E-state index is 13.0. The second-order valence-corrected chi connectivity index (χ2v) is 6.86. The first-order valence-electron chi connectivity index (χ1n) is 8.80. The monoisotopic (exact) mass is 340 g/mol. The fourth-order valence-corrected chi connectivity index (χ4v) is 4.16. The van der Waals surface area contributed by atoms with Gasteiger partial charge in [0, 0.05) is 17.9 Å². The van der Waals surface area contributed by atoms with Crippen LogP contribution in [-0.2, 0) is 11.2 Å². The molecule has 1 saturated heterocycles. The third-order valence-electron chi connectivity index (χ3n) is 5.32. The van der Waals surface area contributed by atoms with Crippen LogP contribution in [0.2, 0.25) is 0 Å². The van der Waals surface area contributed by atoms with Crippen molar-refractivity contribution < 1.29 is 13.9 Å². The van der Waals surface area contributed by atoms with Gasteiger partial charge in [0.1, 0.15) is 18.2 Å². The molecular weight excluding hydrogens is 319 g/mol. The minimum atomic E-state index is -0.278. The molecule has 1 aliphatic carbocycles. The number of aromatic nitrogens is 1. The van der Waals surface area contributed by atoms with Gasteiger partial charge in [-0.15, -0.1) is 0 Å². The number of likely N-dealkylation sites (tertiary alicyclic amines) is 1. The lowest BCUT2D eigenvalue weighted by Crippen LogP contribution is -2.48. The van der Waals surface area contributed by atoms with E-state index in [-0.39, 0.29) is 17.8 Å². The Morgan fingerprint density at radius 1 is 1.20 bits per heavy atom. The minimum absolute atomic E-state index is 0.0972. The number of piperidine rings is 1. The molecule has 0 spiro atoms. The van der Waals surface area contributed by atoms with Gasteiger partial charge in [0.05, 0.1) is 12.5 Å². The number of pyridine rings is 1. The van der Waals surface area contributed by atoms with Crippen molar-refractivity contribution in [2.24, 2.45) is 5.92 Å². The number of ether oxygens (including phenoxy) is 1. The highest BCUT2D eigenvalue weighted by molar-refractivity contribution is 5.79. The predicted octanol–water partition coefficient (Wildman–Crippen LogP) is 3.22. The largest absolute Gasteiger partial charge is 0.491 e. The van der Waals surface area contributed by atoms with Crippen molar-refractivity contribution in [2.45, 2.75) is 37.8 Å². The Kier molecular flexibility index (Phi) is 4.38. The van der Waals surface area contributed by atoms with E-state index in [9.17, 15) is 9.18 Å². The van der Waals surface area contributed by atoms with Crippen LogP contribution in [0.25, 0.3) is 0 Å². The van der Waals surface area contributed by atoms with Gasteiger partial charge < -0.3 is 9.64 Å². The van der Waals surface area contributed by atoms with Crippen LogP contribution in [0.5, 0.6) is 5.75 Å². The van der Waals surface area contributed by atoms with Crippen molar-refractivity contribution in [1.82, 2.24) is 9.88 Å². The summed E-state index contributed by atoms with van der Waals surface area (Å²) < 4.78 is 18.9. The number of rotatable bonds is 5. The van der Waals surface area contributed by atoms with Crippen LogP contribution in [0.1, 0.15) is 25.0 Å². The summed E-state index contributed by atoms with van der Waals surface area (Å²) in [5.41, 5.74) is 0.800. The number of hydrogen-bond donors (Lipinski definition) is 0. The van der Waals surface area contributed by atoms with E-state index in [1.807, 2.05) is 23.1 Å². The van der Waals surface area contributed by atoms with Gasteiger partial charge in [-0.3, -0.25) is 9.78 Å². The molecular formula is C20H21FN2O2. The fourth-order valence-electron chi connectivity index (χ4n) is 4.16. The van der Waals surface area contributed by atoms with Crippen molar-refractivity contribution in [3.05, 3.63) is 60.2 Å². The van der Waals surface area contributed by atoms with E-state index in [0.29, 0.717) is 30.7 Å². The number of carbonyl (C=O) groups is 1. The summed E-state index contributed by atoms with van der Waals surface area (Å²) in [6.07, 6.45) is 5.33. The number of hydrogen-bond acceptors (Lipinski definition) is 3. The zero-order valence-corrected chi connectivity index (χ0v) is 14.0. The summed E-state index contributed by atoms with van der Waals surface area (Å²) >= 11 is 0. The highest BCUT2D eigenvalue weighted by atomic mass is 19.1. The molecule has 0 radical (unpaired) electrons. The topological polar surface area (TPSA) is 42.4 Å². The van der Waals surface area contributed by atoms with E-state index < -0.39 is 0 Å². The van der Waals surface area contributed by atoms with Gasteiger partial charge in [-0.25, -0.2) is 4.39 Å². The second-order valence-electron chi connectivity index (χ2n) is 6.86. The molecule has 2 aromatic rings. The molecule has 3 atom stereocenters. The van der Waals surface area contributed by atoms with Crippen molar-refractivity contribution in [3.63, 3.8) is 0 Å². The van der Waals surface area contributed by atoms with E-state index in [4.69, 9.17) is 4.74 Å². The molecule has 1 saturated carbocycles. The van der Waals surface area contributed by atoms with Gasteiger partial charge in [0.2, 0.25) is 5.91 Å². The summed E-state index contributed by atoms with van der Waals surface area (Å²) in [6, 6.07) is 12.1. The predicted molar refractivity (Wildman–Crippen MR) is 91.6 cm³/mol. The van der Waals surface area contributed by atoms with E-state index in [0.717, 1.165) is 25.0 Å². The van der Waals surface area contributed by atoms with E-state index in [2.05, 4.69) is 4.98 Å². The molecule has 2 aliphatic rings. The highest BCUT2D eigenvalue weighted by Gasteiger charge is 2.48. The molecule has 25 heavy (non-hydrogen) atoms. The number of fused-ring (bicyclic) bond motifs is 2. The first-order chi connectivity index (χ1) is 12.2. The summed E-state index contributed by atoms with van der Waals surface area (Å²) in [4.78, 5) is 19.1. The van der Waals surface area contributed by atoms with E-state index in [1.165, 1.54) is 12.1 Å². The molecule has 1 aromatic carbocycles. The number of halogens is 1. The zero-order valence-electron chi connectivity index (χ0n) is 14.0. The van der Waals surface area contributed by atoms with E-state index in [1.54, 1.807) is 18.3 Å². The van der Waals surface area contributed by atoms with Crippen LogP contribution in [0.15, 0.2) is 48.7 Å². The average molecular weight is 340 g/mol. The SMILES string of the molecule is O=C(Cc1ccccn1)N1C2CCC(C2)[C@@H]1COc1ccc(F)cc1. The Bertz CT molecular complexity index is 735. The van der Waals surface area contributed by atoms with Crippen LogP contribution in [-0.4, -0.2) is 34.5 Å². The van der Waals surface area contributed by atoms with Crippen LogP contribution in [0.4, 0.5) is 4.39 Å². The quantitative estimate of drug-likeness (QED) is 0.839. The molecule has 0 N–H and O–H groups in total. The number of benzene rings is 1. The normalized spacial score (nSPS) is 24.5. The second kappa shape index (κ2) is 6.82. The molecule has 5 heteroatoms. The van der Waals surface area contributed by atoms with Gasteiger partial charge in [-0.1, -0.05) is 6.07 Å². The van der Waals surface area contributed by atoms with Gasteiger partial charge in [-0.2, -0.15) is 0 Å². The molecule has 4 rings (SSSR count). The highest BCUT2D eigenvalue weighted by Crippen LogP contribution is 2.42. The van der Waals surface area contributed by atoms with Crippen LogP contribution >= 0.6 is 0 Å². The minimum Gasteiger partial charge on any atom is -0.491 e. The molecule has 130 valence electrons. The smallest absolute Gasteiger partial charge is 0.229 e. The molecule has 1 aliphatic heterocycles. The summed E-state index contributed by atoms with van der Waals surface area (Å²) in [6.45, 7) is 0.459. The number of nitrogens with zero attached hydrogens (tertiary/aromatic N) is 2. The molecule has 2 bridgehead atoms. The average Bonchev–Trinajstić information content (AvgIpc) is 3.23. The lowest BCUT2D eigenvalue weighted by molar-refractivity contribution is -0.135. The molecule has 2 heterocycles. The molecule has 2 fully saturated rings. The summed E-state index contributed by atoms with van der Waals surface area (Å²) in [5.74, 6) is 0.984. The van der Waals surface area contributed by atoms with Gasteiger partial charge in [-0.05, 0) is 61.6 Å². The Morgan fingerprint density at radius 2 is 2.04 bits per heavy atom. The fraction of sp³-hybridized carbons (Fsp3) is 0.400.